The maximum absolute atomic E-state index is 14.1. The highest BCUT2D eigenvalue weighted by Gasteiger charge is 2.51. The average Bonchev–Trinajstić information content (AvgIpc) is 3.36. The number of hydrogen-bond acceptors (Lipinski definition) is 3. The maximum Gasteiger partial charge on any atom is 0.261 e. The Morgan fingerprint density at radius 2 is 1.37 bits per heavy atom. The van der Waals surface area contributed by atoms with Gasteiger partial charge >= 0.3 is 0 Å². The fraction of sp³-hybridized carbons (Fsp3) is 0.263. The monoisotopic (exact) mass is 584 g/mol. The largest absolute Gasteiger partial charge is 0.407 e. The van der Waals surface area contributed by atoms with Gasteiger partial charge in [0.05, 0.1) is 5.69 Å². The molecule has 4 nitrogen and oxygen atoms in total. The van der Waals surface area contributed by atoms with E-state index in [4.69, 9.17) is 4.43 Å². The first-order valence-electron chi connectivity index (χ1n) is 15.2. The van der Waals surface area contributed by atoms with Crippen LogP contribution >= 0.6 is 0 Å². The van der Waals surface area contributed by atoms with Crippen molar-refractivity contribution in [3.63, 3.8) is 0 Å². The molecule has 2 aromatic heterocycles. The third kappa shape index (κ3) is 5.55. The topological polar surface area (TPSA) is 55.0 Å². The summed E-state index contributed by atoms with van der Waals surface area (Å²) < 4.78 is 7.35. The fourth-order valence-corrected chi connectivity index (χ4v) is 11.6. The Morgan fingerprint density at radius 1 is 0.814 bits per heavy atom. The molecular weight excluding hydrogens is 545 g/mol. The van der Waals surface area contributed by atoms with E-state index in [-0.39, 0.29) is 16.2 Å². The van der Waals surface area contributed by atoms with Crippen molar-refractivity contribution in [2.75, 3.05) is 6.61 Å². The number of Topliss-reactive ketones (excluding diaryl/α,β-unsaturated/α-hetero) is 1. The van der Waals surface area contributed by atoms with Gasteiger partial charge in [0.2, 0.25) is 0 Å². The molecule has 1 N–H and O–H groups in total. The predicted octanol–water partition coefficient (Wildman–Crippen LogP) is 7.38. The number of aromatic amines is 1. The summed E-state index contributed by atoms with van der Waals surface area (Å²) in [7, 11) is -2.73. The molecule has 218 valence electrons. The van der Waals surface area contributed by atoms with E-state index in [0.717, 1.165) is 34.5 Å². The Labute approximate surface area is 256 Å². The molecule has 5 heteroatoms. The molecule has 2 heterocycles. The van der Waals surface area contributed by atoms with Gasteiger partial charge in [0.1, 0.15) is 0 Å². The first kappa shape index (κ1) is 29.0. The minimum atomic E-state index is -2.73. The van der Waals surface area contributed by atoms with Crippen LogP contribution in [0.2, 0.25) is 5.04 Å². The number of ketones is 1. The Kier molecular flexibility index (Phi) is 7.80. The summed E-state index contributed by atoms with van der Waals surface area (Å²) in [6, 6.07) is 35.9. The summed E-state index contributed by atoms with van der Waals surface area (Å²) in [5, 5.41) is 2.38. The molecule has 0 spiro atoms. The van der Waals surface area contributed by atoms with E-state index in [1.54, 1.807) is 0 Å². The number of pyridine rings is 1. The lowest BCUT2D eigenvalue weighted by molar-refractivity contribution is 0.0805. The lowest BCUT2D eigenvalue weighted by atomic mass is 9.74. The lowest BCUT2D eigenvalue weighted by Gasteiger charge is -2.45. The number of benzene rings is 3. The number of rotatable bonds is 8. The van der Waals surface area contributed by atoms with E-state index < -0.39 is 8.32 Å². The van der Waals surface area contributed by atoms with Crippen molar-refractivity contribution >= 4 is 24.5 Å². The number of H-pyrrole nitrogens is 1. The molecule has 0 saturated carbocycles. The third-order valence-corrected chi connectivity index (χ3v) is 13.9. The fourth-order valence-electron chi connectivity index (χ4n) is 6.92. The molecule has 3 aromatic carbocycles. The summed E-state index contributed by atoms with van der Waals surface area (Å²) >= 11 is 0. The van der Waals surface area contributed by atoms with Gasteiger partial charge in [-0.2, -0.15) is 0 Å². The van der Waals surface area contributed by atoms with Gasteiger partial charge in [-0.1, -0.05) is 119 Å². The Morgan fingerprint density at radius 3 is 1.93 bits per heavy atom. The molecule has 0 aliphatic heterocycles. The summed E-state index contributed by atoms with van der Waals surface area (Å²) in [5.74, 6) is 0.192. The SMILES string of the molecule is CC1(CO[Si](c2ccccc2)(c2ccccc2)C(C)(C)C)CC(=O)c2c([nH]c(-c3ccncc3)c2Cc2ccccc2)C1. The number of nitrogens with one attached hydrogen (secondary N) is 1. The summed E-state index contributed by atoms with van der Waals surface area (Å²) in [6.07, 6.45) is 5.52. The number of carbonyl (C=O) groups is 1. The first-order chi connectivity index (χ1) is 20.7. The molecule has 43 heavy (non-hydrogen) atoms. The number of hydrogen-bond donors (Lipinski definition) is 1. The quantitative estimate of drug-likeness (QED) is 0.194. The van der Waals surface area contributed by atoms with E-state index in [1.807, 2.05) is 30.6 Å². The highest BCUT2D eigenvalue weighted by atomic mass is 28.4. The average molecular weight is 585 g/mol. The minimum Gasteiger partial charge on any atom is -0.407 e. The summed E-state index contributed by atoms with van der Waals surface area (Å²) in [4.78, 5) is 22.1. The predicted molar refractivity (Wildman–Crippen MR) is 178 cm³/mol. The van der Waals surface area contributed by atoms with E-state index in [0.29, 0.717) is 19.4 Å². The van der Waals surface area contributed by atoms with Crippen LogP contribution in [0, 0.1) is 5.41 Å². The maximum atomic E-state index is 14.1. The van der Waals surface area contributed by atoms with Crippen LogP contribution in [0.15, 0.2) is 116 Å². The molecule has 1 unspecified atom stereocenters. The molecule has 0 amide bonds. The van der Waals surface area contributed by atoms with Gasteiger partial charge in [0.15, 0.2) is 5.78 Å². The summed E-state index contributed by atoms with van der Waals surface area (Å²) in [6.45, 7) is 9.62. The van der Waals surface area contributed by atoms with E-state index in [1.165, 1.54) is 15.9 Å². The number of nitrogens with zero attached hydrogens (tertiary/aromatic N) is 1. The van der Waals surface area contributed by atoms with Crippen LogP contribution in [-0.2, 0) is 17.3 Å². The lowest BCUT2D eigenvalue weighted by Crippen LogP contribution is -2.67. The standard InChI is InChI=1S/C38H40N2O2Si/c1-37(2,3)43(30-16-10-6-11-17-30,31-18-12-7-13-19-31)42-27-38(4)25-33-35(34(41)26-38)32(24-28-14-8-5-9-15-28)36(40-33)29-20-22-39-23-21-29/h5-23,40H,24-27H2,1-4H3. The van der Waals surface area contributed by atoms with Crippen LogP contribution in [0.1, 0.15) is 61.3 Å². The number of aromatic nitrogens is 2. The second-order valence-corrected chi connectivity index (χ2v) is 17.6. The van der Waals surface area contributed by atoms with Crippen LogP contribution in [0.5, 0.6) is 0 Å². The zero-order chi connectivity index (χ0) is 30.1. The zero-order valence-electron chi connectivity index (χ0n) is 25.6. The molecule has 0 fully saturated rings. The molecule has 1 atom stereocenters. The molecule has 1 aliphatic carbocycles. The van der Waals surface area contributed by atoms with Crippen molar-refractivity contribution in [2.24, 2.45) is 5.41 Å². The highest BCUT2D eigenvalue weighted by Crippen LogP contribution is 2.43. The van der Waals surface area contributed by atoms with Crippen LogP contribution in [-0.4, -0.2) is 30.7 Å². The van der Waals surface area contributed by atoms with Gasteiger partial charge in [-0.15, -0.1) is 0 Å². The van der Waals surface area contributed by atoms with Crippen LogP contribution in [0.3, 0.4) is 0 Å². The van der Waals surface area contributed by atoms with E-state index in [2.05, 4.69) is 123 Å². The number of fused-ring (bicyclic) bond motifs is 1. The van der Waals surface area contributed by atoms with Crippen LogP contribution < -0.4 is 10.4 Å². The number of carbonyl (C=O) groups excluding carboxylic acids is 1. The second-order valence-electron chi connectivity index (χ2n) is 13.3. The Bertz CT molecular complexity index is 1650. The van der Waals surface area contributed by atoms with Crippen molar-refractivity contribution in [3.8, 4) is 11.3 Å². The van der Waals surface area contributed by atoms with Crippen molar-refractivity contribution in [2.45, 2.75) is 52.0 Å². The third-order valence-electron chi connectivity index (χ3n) is 8.90. The van der Waals surface area contributed by atoms with Crippen molar-refractivity contribution < 1.29 is 9.22 Å². The van der Waals surface area contributed by atoms with Gasteiger partial charge < -0.3 is 9.41 Å². The molecule has 0 radical (unpaired) electrons. The highest BCUT2D eigenvalue weighted by molar-refractivity contribution is 6.99. The smallest absolute Gasteiger partial charge is 0.261 e. The zero-order valence-corrected chi connectivity index (χ0v) is 26.6. The molecule has 0 saturated heterocycles. The summed E-state index contributed by atoms with van der Waals surface area (Å²) in [5.41, 5.74) is 5.86. The van der Waals surface area contributed by atoms with Crippen molar-refractivity contribution in [1.29, 1.82) is 0 Å². The Hall–Kier alpha value is -4.06. The van der Waals surface area contributed by atoms with Crippen LogP contribution in [0.4, 0.5) is 0 Å². The first-order valence-corrected chi connectivity index (χ1v) is 17.1. The molecule has 1 aliphatic rings. The van der Waals surface area contributed by atoms with Gasteiger partial charge in [0, 0.05) is 54.1 Å². The molecule has 5 aromatic rings. The minimum absolute atomic E-state index is 0.125. The van der Waals surface area contributed by atoms with Gasteiger partial charge in [-0.25, -0.2) is 0 Å². The molecular formula is C38H40N2O2Si. The van der Waals surface area contributed by atoms with E-state index >= 15 is 0 Å². The van der Waals surface area contributed by atoms with Gasteiger partial charge in [-0.05, 0) is 45.1 Å². The second kappa shape index (κ2) is 11.6. The normalized spacial score (nSPS) is 17.1. The van der Waals surface area contributed by atoms with Crippen LogP contribution in [0.25, 0.3) is 11.3 Å². The van der Waals surface area contributed by atoms with Crippen molar-refractivity contribution in [1.82, 2.24) is 9.97 Å². The Balaban J connectivity index is 1.39. The van der Waals surface area contributed by atoms with Crippen molar-refractivity contribution in [3.05, 3.63) is 138 Å². The molecule has 0 bridgehead atoms. The molecule has 6 rings (SSSR count). The van der Waals surface area contributed by atoms with Gasteiger partial charge in [0.25, 0.3) is 8.32 Å². The van der Waals surface area contributed by atoms with E-state index in [9.17, 15) is 4.79 Å². The van der Waals surface area contributed by atoms with Gasteiger partial charge in [-0.3, -0.25) is 9.78 Å².